The quantitative estimate of drug-likeness (QED) is 0.547. The molecule has 0 aromatic heterocycles. The summed E-state index contributed by atoms with van der Waals surface area (Å²) in [5.41, 5.74) is 0. The van der Waals surface area contributed by atoms with Crippen molar-refractivity contribution in [3.8, 4) is 0 Å². The number of rotatable bonds is 8. The fourth-order valence-corrected chi connectivity index (χ4v) is 3.50. The van der Waals surface area contributed by atoms with Crippen molar-refractivity contribution in [2.75, 3.05) is 60.5 Å². The molecular weight excluding hydrogens is 420 g/mol. The molecule has 2 amide bonds. The molecule has 0 aromatic rings. The summed E-state index contributed by atoms with van der Waals surface area (Å²) in [6, 6.07) is 0.212. The van der Waals surface area contributed by atoms with E-state index in [-0.39, 0.29) is 18.5 Å². The molecule has 1 atom stereocenters. The van der Waals surface area contributed by atoms with Gasteiger partial charge in [-0.25, -0.2) is 0 Å². The van der Waals surface area contributed by atoms with Gasteiger partial charge in [0.05, 0.1) is 13.7 Å². The van der Waals surface area contributed by atoms with E-state index in [4.69, 9.17) is 4.79 Å². The van der Waals surface area contributed by atoms with Crippen LogP contribution in [0.15, 0.2) is 0 Å². The maximum atomic E-state index is 11.9. The Hall–Kier alpha value is -1.67. The zero-order valence-corrected chi connectivity index (χ0v) is 22.6. The van der Waals surface area contributed by atoms with Gasteiger partial charge in [0.2, 0.25) is 12.3 Å². The third kappa shape index (κ3) is 20.7. The Morgan fingerprint density at radius 3 is 1.76 bits per heavy atom. The second-order valence-electron chi connectivity index (χ2n) is 9.75. The summed E-state index contributed by atoms with van der Waals surface area (Å²) in [5, 5.41) is 2.43. The summed E-state index contributed by atoms with van der Waals surface area (Å²) >= 11 is 0. The molecule has 8 heteroatoms. The van der Waals surface area contributed by atoms with Crippen LogP contribution in [-0.2, 0) is 19.1 Å². The van der Waals surface area contributed by atoms with Gasteiger partial charge < -0.3 is 24.8 Å². The van der Waals surface area contributed by atoms with Crippen LogP contribution in [0.3, 0.4) is 0 Å². The number of hydrogen-bond acceptors (Lipinski definition) is 6. The number of likely N-dealkylation sites (N-methyl/N-ethyl adjacent to an activating group) is 1. The number of likely N-dealkylation sites (tertiary alicyclic amines) is 2. The average Bonchev–Trinajstić information content (AvgIpc) is 3.29. The van der Waals surface area contributed by atoms with Gasteiger partial charge in [-0.15, -0.1) is 0 Å². The van der Waals surface area contributed by atoms with Crippen LogP contribution in [-0.4, -0.2) is 100 Å². The molecule has 0 unspecified atom stereocenters. The number of hydrogen-bond donors (Lipinski definition) is 1. The van der Waals surface area contributed by atoms with Gasteiger partial charge in [0, 0.05) is 19.6 Å². The average molecular weight is 473 g/mol. The monoisotopic (exact) mass is 472 g/mol. The lowest BCUT2D eigenvalue weighted by Crippen LogP contribution is -2.49. The van der Waals surface area contributed by atoms with Crippen molar-refractivity contribution in [3.63, 3.8) is 0 Å². The third-order valence-corrected chi connectivity index (χ3v) is 5.32. The van der Waals surface area contributed by atoms with Crippen molar-refractivity contribution in [2.24, 2.45) is 11.8 Å². The predicted molar refractivity (Wildman–Crippen MR) is 136 cm³/mol. The van der Waals surface area contributed by atoms with Gasteiger partial charge in [0.15, 0.2) is 0 Å². The predicted octanol–water partition coefficient (Wildman–Crippen LogP) is 2.86. The number of methoxy groups -OCH3 is 1. The number of nitrogens with one attached hydrogen (secondary N) is 1. The number of ether oxygens (including phenoxy) is 1. The normalized spacial score (nSPS) is 16.8. The van der Waals surface area contributed by atoms with E-state index >= 15 is 0 Å². The van der Waals surface area contributed by atoms with Crippen molar-refractivity contribution in [1.29, 1.82) is 0 Å². The Kier molecular flexibility index (Phi) is 22.5. The highest BCUT2D eigenvalue weighted by atomic mass is 16.5. The van der Waals surface area contributed by atoms with E-state index in [0.29, 0.717) is 18.8 Å². The topological polar surface area (TPSA) is 82.2 Å². The lowest BCUT2D eigenvalue weighted by molar-refractivity contribution is -0.133. The molecule has 2 aliphatic heterocycles. The van der Waals surface area contributed by atoms with E-state index in [9.17, 15) is 9.59 Å². The molecule has 2 rings (SSSR count). The summed E-state index contributed by atoms with van der Waals surface area (Å²) < 4.78 is 3.86. The Bertz CT molecular complexity index is 474. The fraction of sp³-hybridized carbons (Fsp3) is 0.880. The van der Waals surface area contributed by atoms with Crippen LogP contribution in [0.4, 0.5) is 0 Å². The lowest BCUT2D eigenvalue weighted by atomic mass is 10.0. The third-order valence-electron chi connectivity index (χ3n) is 5.32. The number of carbonyl (C=O) groups is 3. The SMILES string of the molecule is CC(C)C.CC(C)[C@@H](CN1CCCC1)N(C)C(=O)CNC=O.CN1CCCCC1.COC=O. The molecule has 0 bridgehead atoms. The molecule has 2 aliphatic rings. The Balaban J connectivity index is 0. The number of carbonyl (C=O) groups excluding carboxylic acids is 3. The molecule has 0 aromatic carbocycles. The van der Waals surface area contributed by atoms with Crippen molar-refractivity contribution in [1.82, 2.24) is 20.0 Å². The van der Waals surface area contributed by atoms with Gasteiger partial charge in [0.1, 0.15) is 0 Å². The summed E-state index contributed by atoms with van der Waals surface area (Å²) in [6.07, 6.45) is 7.36. The maximum absolute atomic E-state index is 11.9. The second kappa shape index (κ2) is 22.1. The van der Waals surface area contributed by atoms with Crippen LogP contribution in [0.1, 0.15) is 66.7 Å². The molecule has 2 fully saturated rings. The summed E-state index contributed by atoms with van der Waals surface area (Å²) in [7, 11) is 5.34. The van der Waals surface area contributed by atoms with Gasteiger partial charge in [-0.3, -0.25) is 14.4 Å². The van der Waals surface area contributed by atoms with Crippen molar-refractivity contribution in [2.45, 2.75) is 72.8 Å². The van der Waals surface area contributed by atoms with Crippen LogP contribution in [0.2, 0.25) is 0 Å². The number of nitrogens with zero attached hydrogens (tertiary/aromatic N) is 3. The molecule has 196 valence electrons. The molecule has 2 saturated heterocycles. The van der Waals surface area contributed by atoms with Gasteiger partial charge in [-0.1, -0.05) is 41.0 Å². The first-order valence-corrected chi connectivity index (χ1v) is 12.4. The Morgan fingerprint density at radius 2 is 1.42 bits per heavy atom. The smallest absolute Gasteiger partial charge is 0.292 e. The van der Waals surface area contributed by atoms with Crippen LogP contribution in [0.5, 0.6) is 0 Å². The Labute approximate surface area is 203 Å². The van der Waals surface area contributed by atoms with Gasteiger partial charge in [0.25, 0.3) is 6.47 Å². The molecule has 8 nitrogen and oxygen atoms in total. The molecule has 0 spiro atoms. The molecule has 1 N–H and O–H groups in total. The van der Waals surface area contributed by atoms with E-state index < -0.39 is 0 Å². The Morgan fingerprint density at radius 1 is 0.970 bits per heavy atom. The first kappa shape index (κ1) is 33.5. The standard InChI is InChI=1S/C13H25N3O2.C6H13N.C4H10.C2H4O2/c1-11(2)12(9-16-6-4-5-7-16)15(3)13(18)8-14-10-17;1-7-5-3-2-4-6-7;1-4(2)3;1-4-2-3/h10-12H,4-9H2,1-3H3,(H,14,17);2-6H2,1H3;4H,1-3H3;2H,1H3/t12-;;;/m1.../s1. The molecule has 33 heavy (non-hydrogen) atoms. The minimum absolute atomic E-state index is 0.0278. The molecular formula is C25H52N4O4. The first-order valence-electron chi connectivity index (χ1n) is 12.4. The highest BCUT2D eigenvalue weighted by Gasteiger charge is 2.26. The van der Waals surface area contributed by atoms with E-state index in [1.165, 1.54) is 52.3 Å². The van der Waals surface area contributed by atoms with E-state index in [1.807, 2.05) is 7.05 Å². The molecule has 0 aliphatic carbocycles. The summed E-state index contributed by atoms with van der Waals surface area (Å²) in [6.45, 7) is 17.1. The van der Waals surface area contributed by atoms with E-state index in [2.05, 4.69) is 61.5 Å². The zero-order valence-electron chi connectivity index (χ0n) is 22.6. The molecule has 2 heterocycles. The minimum atomic E-state index is -0.0278. The van der Waals surface area contributed by atoms with Gasteiger partial charge >= 0.3 is 0 Å². The van der Waals surface area contributed by atoms with Crippen molar-refractivity contribution < 1.29 is 19.1 Å². The van der Waals surface area contributed by atoms with Crippen molar-refractivity contribution >= 4 is 18.8 Å². The van der Waals surface area contributed by atoms with Crippen LogP contribution in [0, 0.1) is 11.8 Å². The summed E-state index contributed by atoms with van der Waals surface area (Å²) in [4.78, 5) is 37.7. The van der Waals surface area contributed by atoms with Gasteiger partial charge in [-0.05, 0) is 70.7 Å². The largest absolute Gasteiger partial charge is 0.471 e. The fourth-order valence-electron chi connectivity index (χ4n) is 3.50. The number of amides is 2. The molecule has 0 saturated carbocycles. The highest BCUT2D eigenvalue weighted by Crippen LogP contribution is 2.15. The van der Waals surface area contributed by atoms with Gasteiger partial charge in [-0.2, -0.15) is 0 Å². The minimum Gasteiger partial charge on any atom is -0.471 e. The second-order valence-corrected chi connectivity index (χ2v) is 9.75. The van der Waals surface area contributed by atoms with Crippen LogP contribution in [0.25, 0.3) is 0 Å². The lowest BCUT2D eigenvalue weighted by Gasteiger charge is -2.34. The van der Waals surface area contributed by atoms with Crippen molar-refractivity contribution in [3.05, 3.63) is 0 Å². The molecule has 0 radical (unpaired) electrons. The van der Waals surface area contributed by atoms with E-state index in [0.717, 1.165) is 25.6 Å². The van der Waals surface area contributed by atoms with Crippen LogP contribution < -0.4 is 5.32 Å². The van der Waals surface area contributed by atoms with Crippen LogP contribution >= 0.6 is 0 Å². The highest BCUT2D eigenvalue weighted by molar-refractivity contribution is 5.80. The van der Waals surface area contributed by atoms with E-state index in [1.54, 1.807) is 4.90 Å². The maximum Gasteiger partial charge on any atom is 0.292 e. The zero-order chi connectivity index (χ0) is 25.6. The first-order chi connectivity index (χ1) is 15.6. The number of piperidine rings is 1. The summed E-state index contributed by atoms with van der Waals surface area (Å²) in [5.74, 6) is 1.22.